The van der Waals surface area contributed by atoms with Crippen LogP contribution in [0.3, 0.4) is 0 Å². The van der Waals surface area contributed by atoms with Crippen molar-refractivity contribution in [2.45, 2.75) is 12.3 Å². The largest absolute Gasteiger partial charge is 0.385 e. The van der Waals surface area contributed by atoms with Crippen LogP contribution in [0.4, 0.5) is 5.69 Å². The van der Waals surface area contributed by atoms with E-state index in [9.17, 15) is 0 Å². The van der Waals surface area contributed by atoms with Crippen molar-refractivity contribution in [2.75, 3.05) is 32.5 Å². The van der Waals surface area contributed by atoms with Crippen LogP contribution in [-0.4, -0.2) is 32.1 Å². The summed E-state index contributed by atoms with van der Waals surface area (Å²) in [5, 5.41) is 3.38. The van der Waals surface area contributed by atoms with E-state index in [1.807, 2.05) is 0 Å². The van der Waals surface area contributed by atoms with E-state index in [0.29, 0.717) is 5.88 Å². The number of hydrogen-bond donors (Lipinski definition) is 1. The predicted molar refractivity (Wildman–Crippen MR) is 67.7 cm³/mol. The maximum atomic E-state index is 5.71. The number of nitrogens with zero attached hydrogens (tertiary/aromatic N) is 1. The van der Waals surface area contributed by atoms with E-state index in [1.165, 1.54) is 5.69 Å². The third-order valence-electron chi connectivity index (χ3n) is 2.22. The fraction of sp³-hybridized carbons (Fsp3) is 0.500. The number of benzene rings is 1. The third-order valence-corrected chi connectivity index (χ3v) is 2.53. The van der Waals surface area contributed by atoms with Crippen molar-refractivity contribution in [1.29, 1.82) is 0 Å². The molecule has 0 aliphatic rings. The molecule has 84 valence electrons. The maximum Gasteiger partial charge on any atom is 0.0474 e. The Hall–Kier alpha value is -0.730. The summed E-state index contributed by atoms with van der Waals surface area (Å²) in [4.78, 5) is 2.19. The van der Waals surface area contributed by atoms with Crippen LogP contribution in [-0.2, 0) is 5.88 Å². The van der Waals surface area contributed by atoms with E-state index in [-0.39, 0.29) is 0 Å². The summed E-state index contributed by atoms with van der Waals surface area (Å²) < 4.78 is 0. The summed E-state index contributed by atoms with van der Waals surface area (Å²) >= 11 is 5.71. The third kappa shape index (κ3) is 5.05. The molecule has 0 radical (unpaired) electrons. The average Bonchev–Trinajstić information content (AvgIpc) is 2.25. The van der Waals surface area contributed by atoms with Gasteiger partial charge in [0.05, 0.1) is 0 Å². The Bertz CT molecular complexity index is 269. The highest BCUT2D eigenvalue weighted by atomic mass is 35.5. The van der Waals surface area contributed by atoms with Gasteiger partial charge < -0.3 is 10.2 Å². The molecule has 0 unspecified atom stereocenters. The highest BCUT2D eigenvalue weighted by Crippen LogP contribution is 2.10. The Morgan fingerprint density at radius 2 is 1.87 bits per heavy atom. The first kappa shape index (κ1) is 12.3. The minimum Gasteiger partial charge on any atom is -0.385 e. The Morgan fingerprint density at radius 3 is 2.40 bits per heavy atom. The van der Waals surface area contributed by atoms with E-state index >= 15 is 0 Å². The zero-order valence-electron chi connectivity index (χ0n) is 9.46. The molecule has 1 aromatic rings. The molecule has 0 aromatic heterocycles. The number of alkyl halides is 1. The molecule has 2 nitrogen and oxygen atoms in total. The molecular weight excluding hydrogens is 208 g/mol. The molecule has 1 aromatic carbocycles. The van der Waals surface area contributed by atoms with Gasteiger partial charge in [-0.05, 0) is 44.8 Å². The lowest BCUT2D eigenvalue weighted by atomic mass is 10.2. The van der Waals surface area contributed by atoms with Gasteiger partial charge in [-0.15, -0.1) is 11.6 Å². The normalized spacial score (nSPS) is 10.7. The molecule has 0 amide bonds. The minimum absolute atomic E-state index is 0.584. The molecule has 0 bridgehead atoms. The van der Waals surface area contributed by atoms with Crippen molar-refractivity contribution >= 4 is 17.3 Å². The molecule has 0 atom stereocenters. The topological polar surface area (TPSA) is 15.3 Å². The molecule has 15 heavy (non-hydrogen) atoms. The van der Waals surface area contributed by atoms with Gasteiger partial charge in [0.1, 0.15) is 0 Å². The number of halogens is 1. The zero-order valence-corrected chi connectivity index (χ0v) is 10.2. The van der Waals surface area contributed by atoms with E-state index in [1.54, 1.807) is 0 Å². The zero-order chi connectivity index (χ0) is 11.1. The van der Waals surface area contributed by atoms with Crippen molar-refractivity contribution in [3.8, 4) is 0 Å². The predicted octanol–water partition coefficient (Wildman–Crippen LogP) is 2.79. The highest BCUT2D eigenvalue weighted by molar-refractivity contribution is 6.17. The van der Waals surface area contributed by atoms with Gasteiger partial charge in [-0.3, -0.25) is 0 Å². The monoisotopic (exact) mass is 226 g/mol. The summed E-state index contributed by atoms with van der Waals surface area (Å²) in [6.45, 7) is 2.13. The standard InChI is InChI=1S/C12H19ClN2/c1-15(2)9-3-8-14-12-6-4-11(10-13)5-7-12/h4-7,14H,3,8-10H2,1-2H3. The molecule has 3 heteroatoms. The van der Waals surface area contributed by atoms with Gasteiger partial charge in [0.2, 0.25) is 0 Å². The number of nitrogens with one attached hydrogen (secondary N) is 1. The lowest BCUT2D eigenvalue weighted by Crippen LogP contribution is -2.16. The first-order chi connectivity index (χ1) is 7.22. The second-order valence-electron chi connectivity index (χ2n) is 3.91. The van der Waals surface area contributed by atoms with Crippen LogP contribution in [0.2, 0.25) is 0 Å². The van der Waals surface area contributed by atoms with E-state index in [2.05, 4.69) is 48.6 Å². The average molecular weight is 227 g/mol. The minimum atomic E-state index is 0.584. The van der Waals surface area contributed by atoms with Gasteiger partial charge in [0.15, 0.2) is 0 Å². The molecule has 0 saturated carbocycles. The highest BCUT2D eigenvalue weighted by Gasteiger charge is 1.94. The quantitative estimate of drug-likeness (QED) is 0.593. The second-order valence-corrected chi connectivity index (χ2v) is 4.18. The van der Waals surface area contributed by atoms with Crippen LogP contribution in [0, 0.1) is 0 Å². The summed E-state index contributed by atoms with van der Waals surface area (Å²) in [5.41, 5.74) is 2.33. The van der Waals surface area contributed by atoms with Crippen molar-refractivity contribution < 1.29 is 0 Å². The van der Waals surface area contributed by atoms with Crippen molar-refractivity contribution in [3.05, 3.63) is 29.8 Å². The first-order valence-corrected chi connectivity index (χ1v) is 5.79. The Labute approximate surface area is 97.2 Å². The number of hydrogen-bond acceptors (Lipinski definition) is 2. The Kier molecular flexibility index (Phi) is 5.51. The van der Waals surface area contributed by atoms with Gasteiger partial charge in [0, 0.05) is 18.1 Å². The molecule has 0 spiro atoms. The molecule has 0 aliphatic carbocycles. The van der Waals surface area contributed by atoms with Crippen LogP contribution in [0.1, 0.15) is 12.0 Å². The lowest BCUT2D eigenvalue weighted by Gasteiger charge is -2.10. The molecule has 0 heterocycles. The molecule has 0 fully saturated rings. The summed E-state index contributed by atoms with van der Waals surface area (Å²) in [7, 11) is 4.19. The number of rotatable bonds is 6. The smallest absolute Gasteiger partial charge is 0.0474 e. The van der Waals surface area contributed by atoms with Gasteiger partial charge in [-0.2, -0.15) is 0 Å². The van der Waals surface area contributed by atoms with Crippen LogP contribution in [0.5, 0.6) is 0 Å². The molecule has 0 aliphatic heterocycles. The fourth-order valence-corrected chi connectivity index (χ4v) is 1.52. The van der Waals surface area contributed by atoms with Gasteiger partial charge >= 0.3 is 0 Å². The van der Waals surface area contributed by atoms with E-state index < -0.39 is 0 Å². The van der Waals surface area contributed by atoms with Crippen LogP contribution in [0.15, 0.2) is 24.3 Å². The molecular formula is C12H19ClN2. The summed E-state index contributed by atoms with van der Waals surface area (Å²) in [6.07, 6.45) is 1.16. The van der Waals surface area contributed by atoms with Crippen LogP contribution in [0.25, 0.3) is 0 Å². The fourth-order valence-electron chi connectivity index (χ4n) is 1.34. The second kappa shape index (κ2) is 6.70. The molecule has 1 rings (SSSR count). The summed E-state index contributed by atoms with van der Waals surface area (Å²) in [6, 6.07) is 8.27. The number of anilines is 1. The van der Waals surface area contributed by atoms with Crippen LogP contribution < -0.4 is 5.32 Å². The van der Waals surface area contributed by atoms with Crippen LogP contribution >= 0.6 is 11.6 Å². The summed E-state index contributed by atoms with van der Waals surface area (Å²) in [5.74, 6) is 0.584. The SMILES string of the molecule is CN(C)CCCNc1ccc(CCl)cc1. The van der Waals surface area contributed by atoms with Crippen molar-refractivity contribution in [2.24, 2.45) is 0 Å². The van der Waals surface area contributed by atoms with Gasteiger partial charge in [-0.1, -0.05) is 12.1 Å². The van der Waals surface area contributed by atoms with Crippen molar-refractivity contribution in [1.82, 2.24) is 4.90 Å². The van der Waals surface area contributed by atoms with Gasteiger partial charge in [0.25, 0.3) is 0 Å². The molecule has 0 saturated heterocycles. The first-order valence-electron chi connectivity index (χ1n) is 5.26. The lowest BCUT2D eigenvalue weighted by molar-refractivity contribution is 0.405. The van der Waals surface area contributed by atoms with E-state index in [0.717, 1.165) is 25.1 Å². The van der Waals surface area contributed by atoms with E-state index in [4.69, 9.17) is 11.6 Å². The Morgan fingerprint density at radius 1 is 1.20 bits per heavy atom. The molecule has 1 N–H and O–H groups in total. The van der Waals surface area contributed by atoms with Gasteiger partial charge in [-0.25, -0.2) is 0 Å². The maximum absolute atomic E-state index is 5.71. The Balaban J connectivity index is 2.25. The van der Waals surface area contributed by atoms with Crippen molar-refractivity contribution in [3.63, 3.8) is 0 Å².